The third-order valence-electron chi connectivity index (χ3n) is 6.39. The molecule has 0 fully saturated rings. The number of hydrogen-bond acceptors (Lipinski definition) is 2. The van der Waals surface area contributed by atoms with E-state index in [4.69, 9.17) is 9.16 Å². The molecule has 2 nitrogen and oxygen atoms in total. The molecule has 0 bridgehead atoms. The summed E-state index contributed by atoms with van der Waals surface area (Å²) in [6, 6.07) is 21.8. The smallest absolute Gasteiger partial charge is 0.261 e. The van der Waals surface area contributed by atoms with Gasteiger partial charge in [0.2, 0.25) is 0 Å². The van der Waals surface area contributed by atoms with Crippen molar-refractivity contribution in [2.24, 2.45) is 0 Å². The fraction of sp³-hybridized carbons (Fsp3) is 0.467. The maximum absolute atomic E-state index is 7.47. The quantitative estimate of drug-likeness (QED) is 0.277. The zero-order valence-corrected chi connectivity index (χ0v) is 24.1. The maximum Gasteiger partial charge on any atom is 0.261 e. The Hall–Kier alpha value is -1.91. The number of benzene rings is 2. The van der Waals surface area contributed by atoms with E-state index < -0.39 is 16.4 Å². The Labute approximate surface area is 209 Å². The lowest BCUT2D eigenvalue weighted by atomic mass is 10.0. The van der Waals surface area contributed by atoms with E-state index in [1.54, 1.807) is 0 Å². The van der Waals surface area contributed by atoms with E-state index in [1.807, 2.05) is 0 Å². The molecule has 4 heteroatoms. The summed E-state index contributed by atoms with van der Waals surface area (Å²) >= 11 is 0. The number of ether oxygens (including phenoxy) is 1. The van der Waals surface area contributed by atoms with Crippen LogP contribution in [0.15, 0.2) is 72.8 Å². The van der Waals surface area contributed by atoms with Crippen molar-refractivity contribution >= 4 is 26.8 Å². The van der Waals surface area contributed by atoms with Crippen molar-refractivity contribution in [2.45, 2.75) is 89.9 Å². The van der Waals surface area contributed by atoms with E-state index in [-0.39, 0.29) is 23.4 Å². The van der Waals surface area contributed by atoms with Gasteiger partial charge >= 0.3 is 0 Å². The Bertz CT molecular complexity index is 952. The van der Waals surface area contributed by atoms with Gasteiger partial charge in [0.15, 0.2) is 0 Å². The van der Waals surface area contributed by atoms with Gasteiger partial charge in [-0.2, -0.15) is 0 Å². The van der Waals surface area contributed by atoms with E-state index >= 15 is 0 Å². The van der Waals surface area contributed by atoms with Crippen LogP contribution in [0.2, 0.25) is 24.7 Å². The number of rotatable bonds is 5. The molecular formula is C30H42O2Si2. The molecule has 0 aliphatic carbocycles. The van der Waals surface area contributed by atoms with Gasteiger partial charge in [-0.05, 0) is 28.3 Å². The van der Waals surface area contributed by atoms with Crippen LogP contribution in [0.5, 0.6) is 0 Å². The van der Waals surface area contributed by atoms with Crippen LogP contribution in [-0.4, -0.2) is 34.7 Å². The summed E-state index contributed by atoms with van der Waals surface area (Å²) in [5, 5.41) is 2.56. The minimum absolute atomic E-state index is 0.00698. The fourth-order valence-electron chi connectivity index (χ4n) is 4.75. The molecule has 0 N–H and O–H groups in total. The highest BCUT2D eigenvalue weighted by molar-refractivity contribution is 6.99. The molecule has 0 radical (unpaired) electrons. The molecule has 0 spiro atoms. The average molecular weight is 491 g/mol. The van der Waals surface area contributed by atoms with Crippen LogP contribution in [0.25, 0.3) is 0 Å². The molecule has 1 aliphatic heterocycles. The SMILES string of the molecule is CC[C@H]1O[C@@H](C#C[Si](C)(C)C)C/C=C\C[C@H]1O[Si](c1ccccc1)(c1ccccc1)C(C)(C)C. The zero-order valence-electron chi connectivity index (χ0n) is 22.1. The molecule has 2 aromatic carbocycles. The van der Waals surface area contributed by atoms with Crippen molar-refractivity contribution in [3.63, 3.8) is 0 Å². The summed E-state index contributed by atoms with van der Waals surface area (Å²) < 4.78 is 14.1. The molecule has 0 amide bonds. The lowest BCUT2D eigenvalue weighted by molar-refractivity contribution is -0.0532. The van der Waals surface area contributed by atoms with E-state index in [2.05, 4.69) is 132 Å². The van der Waals surface area contributed by atoms with Crippen LogP contribution in [0.3, 0.4) is 0 Å². The molecule has 34 heavy (non-hydrogen) atoms. The van der Waals surface area contributed by atoms with E-state index in [1.165, 1.54) is 10.4 Å². The summed E-state index contributed by atoms with van der Waals surface area (Å²) in [5.41, 5.74) is 3.52. The molecular weight excluding hydrogens is 449 g/mol. The van der Waals surface area contributed by atoms with Gasteiger partial charge in [0.1, 0.15) is 14.2 Å². The maximum atomic E-state index is 7.47. The molecule has 0 saturated carbocycles. The van der Waals surface area contributed by atoms with Gasteiger partial charge in [0.25, 0.3) is 8.32 Å². The summed E-state index contributed by atoms with van der Waals surface area (Å²) in [5.74, 6) is 3.46. The lowest BCUT2D eigenvalue weighted by Crippen LogP contribution is -2.68. The van der Waals surface area contributed by atoms with E-state index in [9.17, 15) is 0 Å². The molecule has 182 valence electrons. The number of hydrogen-bond donors (Lipinski definition) is 0. The second kappa shape index (κ2) is 11.2. The topological polar surface area (TPSA) is 18.5 Å². The van der Waals surface area contributed by atoms with Gasteiger partial charge in [-0.1, -0.05) is 126 Å². The van der Waals surface area contributed by atoms with Crippen LogP contribution in [0, 0.1) is 11.5 Å². The van der Waals surface area contributed by atoms with Crippen molar-refractivity contribution in [2.75, 3.05) is 0 Å². The molecule has 3 rings (SSSR count). The van der Waals surface area contributed by atoms with Gasteiger partial charge in [-0.3, -0.25) is 0 Å². The summed E-state index contributed by atoms with van der Waals surface area (Å²) in [7, 11) is -4.11. The van der Waals surface area contributed by atoms with Crippen molar-refractivity contribution < 1.29 is 9.16 Å². The highest BCUT2D eigenvalue weighted by atomic mass is 28.4. The lowest BCUT2D eigenvalue weighted by Gasteiger charge is -2.46. The van der Waals surface area contributed by atoms with Crippen molar-refractivity contribution in [3.8, 4) is 11.5 Å². The van der Waals surface area contributed by atoms with Gasteiger partial charge in [0, 0.05) is 6.42 Å². The summed E-state index contributed by atoms with van der Waals surface area (Å²) in [6.45, 7) is 16.1. The Morgan fingerprint density at radius 1 is 0.882 bits per heavy atom. The van der Waals surface area contributed by atoms with E-state index in [0.717, 1.165) is 19.3 Å². The van der Waals surface area contributed by atoms with Crippen LogP contribution in [-0.2, 0) is 9.16 Å². The van der Waals surface area contributed by atoms with E-state index in [0.29, 0.717) is 0 Å². The second-order valence-electron chi connectivity index (χ2n) is 11.4. The molecule has 1 aliphatic rings. The van der Waals surface area contributed by atoms with Crippen LogP contribution in [0.4, 0.5) is 0 Å². The Morgan fingerprint density at radius 3 is 1.88 bits per heavy atom. The first-order valence-electron chi connectivity index (χ1n) is 12.7. The van der Waals surface area contributed by atoms with Gasteiger partial charge in [-0.15, -0.1) is 5.54 Å². The third-order valence-corrected chi connectivity index (χ3v) is 12.4. The average Bonchev–Trinajstić information content (AvgIpc) is 2.78. The normalized spacial score (nSPS) is 22.7. The summed E-state index contributed by atoms with van der Waals surface area (Å²) in [6.07, 6.45) is 7.04. The Balaban J connectivity index is 2.07. The van der Waals surface area contributed by atoms with Gasteiger partial charge in [-0.25, -0.2) is 0 Å². The summed E-state index contributed by atoms with van der Waals surface area (Å²) in [4.78, 5) is 0. The highest BCUT2D eigenvalue weighted by Gasteiger charge is 2.52. The fourth-order valence-corrected chi connectivity index (χ4v) is 10.1. The molecule has 1 heterocycles. The predicted octanol–water partition coefficient (Wildman–Crippen LogP) is 6.33. The standard InChI is InChI=1S/C30H42O2Si2/c1-8-28-29(22-16-15-17-25(31-28)23-24-33(5,6)7)32-34(30(2,3)4,26-18-11-9-12-19-26)27-20-13-10-14-21-27/h9-16,18-21,25,28-29H,8,17,22H2,1-7H3/b16-15-/t25-,28-,29-/m1/s1. The van der Waals surface area contributed by atoms with Crippen molar-refractivity contribution in [3.05, 3.63) is 72.8 Å². The van der Waals surface area contributed by atoms with Gasteiger partial charge in [0.05, 0.1) is 12.2 Å². The Kier molecular flexibility index (Phi) is 8.81. The minimum atomic E-state index is -2.65. The van der Waals surface area contributed by atoms with Gasteiger partial charge < -0.3 is 9.16 Å². The van der Waals surface area contributed by atoms with Crippen LogP contribution in [0.1, 0.15) is 47.0 Å². The monoisotopic (exact) mass is 490 g/mol. The van der Waals surface area contributed by atoms with Crippen molar-refractivity contribution in [1.29, 1.82) is 0 Å². The second-order valence-corrected chi connectivity index (χ2v) is 20.4. The molecule has 0 aromatic heterocycles. The highest BCUT2D eigenvalue weighted by Crippen LogP contribution is 2.39. The molecule has 3 atom stereocenters. The molecule has 0 unspecified atom stereocenters. The Morgan fingerprint density at radius 2 is 1.41 bits per heavy atom. The first-order valence-corrected chi connectivity index (χ1v) is 18.1. The molecule has 2 aromatic rings. The largest absolute Gasteiger partial charge is 0.402 e. The van der Waals surface area contributed by atoms with Crippen molar-refractivity contribution in [1.82, 2.24) is 0 Å². The molecule has 0 saturated heterocycles. The first kappa shape index (κ1) is 26.7. The van der Waals surface area contributed by atoms with Crippen LogP contribution < -0.4 is 10.4 Å². The first-order chi connectivity index (χ1) is 16.1. The zero-order chi connectivity index (χ0) is 24.8. The van der Waals surface area contributed by atoms with Crippen LogP contribution >= 0.6 is 0 Å². The minimum Gasteiger partial charge on any atom is -0.402 e. The third kappa shape index (κ3) is 6.40. The predicted molar refractivity (Wildman–Crippen MR) is 151 cm³/mol.